The van der Waals surface area contributed by atoms with Crippen LogP contribution < -0.4 is 4.90 Å². The second kappa shape index (κ2) is 7.62. The molecule has 2 aliphatic rings. The second-order valence-electron chi connectivity index (χ2n) is 6.72. The Bertz CT molecular complexity index is 783. The maximum absolute atomic E-state index is 12.9. The van der Waals surface area contributed by atoms with Gasteiger partial charge in [-0.25, -0.2) is 9.97 Å². The maximum atomic E-state index is 12.9. The highest BCUT2D eigenvalue weighted by Gasteiger charge is 2.41. The van der Waals surface area contributed by atoms with E-state index in [0.717, 1.165) is 5.69 Å². The molecule has 0 radical (unpaired) electrons. The standard InChI is InChI=1S/C20H24N4O3/c1-2-24(16-6-4-3-5-7-16)19-21-11-8-17(22-19)18(25)23-12-9-20(10-13-23)26-14-15-27-20/h3-8,11H,2,9-10,12-15H2,1H3. The molecule has 1 aromatic carbocycles. The van der Waals surface area contributed by atoms with E-state index >= 15 is 0 Å². The SMILES string of the molecule is CCN(c1ccccc1)c1nccc(C(=O)N2CCC3(CC2)OCCO3)n1. The Labute approximate surface area is 158 Å². The van der Waals surface area contributed by atoms with Crippen LogP contribution in [-0.4, -0.2) is 59.4 Å². The lowest BCUT2D eigenvalue weighted by atomic mass is 10.0. The minimum atomic E-state index is -0.486. The monoisotopic (exact) mass is 368 g/mol. The summed E-state index contributed by atoms with van der Waals surface area (Å²) >= 11 is 0. The molecule has 3 heterocycles. The number of nitrogens with zero attached hydrogens (tertiary/aromatic N) is 4. The summed E-state index contributed by atoms with van der Waals surface area (Å²) in [5, 5.41) is 0. The largest absolute Gasteiger partial charge is 0.347 e. The third-order valence-electron chi connectivity index (χ3n) is 5.11. The number of carbonyl (C=O) groups is 1. The number of anilines is 2. The first-order valence-electron chi connectivity index (χ1n) is 9.44. The van der Waals surface area contributed by atoms with E-state index in [0.29, 0.717) is 57.3 Å². The number of hydrogen-bond donors (Lipinski definition) is 0. The Morgan fingerprint density at radius 2 is 1.85 bits per heavy atom. The Morgan fingerprint density at radius 1 is 1.15 bits per heavy atom. The maximum Gasteiger partial charge on any atom is 0.272 e. The molecule has 1 aromatic heterocycles. The third kappa shape index (κ3) is 3.65. The highest BCUT2D eigenvalue weighted by Crippen LogP contribution is 2.31. The van der Waals surface area contributed by atoms with Crippen LogP contribution in [0.15, 0.2) is 42.6 Å². The highest BCUT2D eigenvalue weighted by molar-refractivity contribution is 5.92. The predicted molar refractivity (Wildman–Crippen MR) is 101 cm³/mol. The summed E-state index contributed by atoms with van der Waals surface area (Å²) in [6, 6.07) is 11.6. The van der Waals surface area contributed by atoms with E-state index < -0.39 is 5.79 Å². The summed E-state index contributed by atoms with van der Waals surface area (Å²) in [5.74, 6) is -0.0268. The molecule has 1 spiro atoms. The number of para-hydroxylation sites is 1. The highest BCUT2D eigenvalue weighted by atomic mass is 16.7. The van der Waals surface area contributed by atoms with Gasteiger partial charge in [-0.2, -0.15) is 0 Å². The van der Waals surface area contributed by atoms with Crippen molar-refractivity contribution in [1.29, 1.82) is 0 Å². The lowest BCUT2D eigenvalue weighted by Gasteiger charge is -2.37. The van der Waals surface area contributed by atoms with Crippen molar-refractivity contribution < 1.29 is 14.3 Å². The van der Waals surface area contributed by atoms with Crippen LogP contribution in [0.2, 0.25) is 0 Å². The van der Waals surface area contributed by atoms with Crippen molar-refractivity contribution in [2.24, 2.45) is 0 Å². The Kier molecular flexibility index (Phi) is 5.05. The third-order valence-corrected chi connectivity index (χ3v) is 5.11. The molecule has 7 heteroatoms. The van der Waals surface area contributed by atoms with Gasteiger partial charge in [-0.1, -0.05) is 18.2 Å². The summed E-state index contributed by atoms with van der Waals surface area (Å²) in [6.45, 7) is 5.23. The zero-order valence-electron chi connectivity index (χ0n) is 15.5. The summed E-state index contributed by atoms with van der Waals surface area (Å²) in [7, 11) is 0. The smallest absolute Gasteiger partial charge is 0.272 e. The first kappa shape index (κ1) is 17.9. The number of hydrogen-bond acceptors (Lipinski definition) is 6. The number of carbonyl (C=O) groups excluding carboxylic acids is 1. The van der Waals surface area contributed by atoms with E-state index in [1.54, 1.807) is 12.3 Å². The van der Waals surface area contributed by atoms with Crippen molar-refractivity contribution in [2.45, 2.75) is 25.6 Å². The molecular weight excluding hydrogens is 344 g/mol. The van der Waals surface area contributed by atoms with E-state index in [1.165, 1.54) is 0 Å². The van der Waals surface area contributed by atoms with Crippen molar-refractivity contribution in [3.63, 3.8) is 0 Å². The minimum absolute atomic E-state index is 0.0735. The van der Waals surface area contributed by atoms with Gasteiger partial charge in [0.15, 0.2) is 5.79 Å². The van der Waals surface area contributed by atoms with Crippen molar-refractivity contribution in [3.8, 4) is 0 Å². The Morgan fingerprint density at radius 3 is 2.52 bits per heavy atom. The summed E-state index contributed by atoms with van der Waals surface area (Å²) in [6.07, 6.45) is 3.04. The number of amides is 1. The van der Waals surface area contributed by atoms with E-state index in [1.807, 2.05) is 47.1 Å². The van der Waals surface area contributed by atoms with Crippen molar-refractivity contribution >= 4 is 17.5 Å². The molecule has 0 bridgehead atoms. The van der Waals surface area contributed by atoms with Crippen molar-refractivity contribution in [3.05, 3.63) is 48.3 Å². The van der Waals surface area contributed by atoms with Crippen LogP contribution in [0, 0.1) is 0 Å². The minimum Gasteiger partial charge on any atom is -0.347 e. The molecule has 2 saturated heterocycles. The van der Waals surface area contributed by atoms with Gasteiger partial charge >= 0.3 is 0 Å². The van der Waals surface area contributed by atoms with Crippen LogP contribution in [-0.2, 0) is 9.47 Å². The molecule has 142 valence electrons. The second-order valence-corrected chi connectivity index (χ2v) is 6.72. The molecule has 1 amide bonds. The first-order valence-corrected chi connectivity index (χ1v) is 9.44. The molecule has 7 nitrogen and oxygen atoms in total. The molecule has 0 aliphatic carbocycles. The number of ether oxygens (including phenoxy) is 2. The lowest BCUT2D eigenvalue weighted by Crippen LogP contribution is -2.47. The average molecular weight is 368 g/mol. The van der Waals surface area contributed by atoms with Gasteiger partial charge in [0.2, 0.25) is 5.95 Å². The molecule has 4 rings (SSSR count). The predicted octanol–water partition coefficient (Wildman–Crippen LogP) is 2.61. The zero-order chi connectivity index (χ0) is 18.7. The molecule has 0 N–H and O–H groups in total. The molecule has 0 unspecified atom stereocenters. The van der Waals surface area contributed by atoms with Crippen LogP contribution in [0.3, 0.4) is 0 Å². The van der Waals surface area contributed by atoms with E-state index in [9.17, 15) is 4.79 Å². The summed E-state index contributed by atoms with van der Waals surface area (Å²) in [5.41, 5.74) is 1.42. The normalized spacial score (nSPS) is 18.6. The van der Waals surface area contributed by atoms with Crippen molar-refractivity contribution in [1.82, 2.24) is 14.9 Å². The zero-order valence-corrected chi connectivity index (χ0v) is 15.5. The lowest BCUT2D eigenvalue weighted by molar-refractivity contribution is -0.181. The summed E-state index contributed by atoms with van der Waals surface area (Å²) in [4.78, 5) is 25.7. The van der Waals surface area contributed by atoms with Gasteiger partial charge in [0.1, 0.15) is 5.69 Å². The van der Waals surface area contributed by atoms with Crippen LogP contribution in [0.4, 0.5) is 11.6 Å². The Hall–Kier alpha value is -2.51. The molecule has 2 fully saturated rings. The van der Waals surface area contributed by atoms with Gasteiger partial charge in [-0.15, -0.1) is 0 Å². The van der Waals surface area contributed by atoms with Crippen LogP contribution in [0.25, 0.3) is 0 Å². The van der Waals surface area contributed by atoms with Gasteiger partial charge in [0, 0.05) is 44.4 Å². The number of benzene rings is 1. The van der Waals surface area contributed by atoms with Crippen LogP contribution in [0.5, 0.6) is 0 Å². The van der Waals surface area contributed by atoms with Gasteiger partial charge in [0.05, 0.1) is 13.2 Å². The fraction of sp³-hybridized carbons (Fsp3) is 0.450. The average Bonchev–Trinajstić information content (AvgIpc) is 3.18. The molecular formula is C20H24N4O3. The Balaban J connectivity index is 1.49. The molecule has 2 aliphatic heterocycles. The quantitative estimate of drug-likeness (QED) is 0.826. The van der Waals surface area contributed by atoms with Gasteiger partial charge in [0.25, 0.3) is 5.91 Å². The van der Waals surface area contributed by atoms with Gasteiger partial charge in [-0.3, -0.25) is 4.79 Å². The van der Waals surface area contributed by atoms with Crippen LogP contribution in [0.1, 0.15) is 30.3 Å². The number of aromatic nitrogens is 2. The number of piperidine rings is 1. The van der Waals surface area contributed by atoms with Crippen molar-refractivity contribution in [2.75, 3.05) is 37.7 Å². The number of likely N-dealkylation sites (tertiary alicyclic amines) is 1. The van der Waals surface area contributed by atoms with E-state index in [2.05, 4.69) is 9.97 Å². The molecule has 2 aromatic rings. The molecule has 0 saturated carbocycles. The number of rotatable bonds is 4. The summed E-state index contributed by atoms with van der Waals surface area (Å²) < 4.78 is 11.5. The topological polar surface area (TPSA) is 67.8 Å². The first-order chi connectivity index (χ1) is 13.2. The van der Waals surface area contributed by atoms with E-state index in [-0.39, 0.29) is 5.91 Å². The van der Waals surface area contributed by atoms with Gasteiger partial charge in [-0.05, 0) is 25.1 Å². The molecule has 27 heavy (non-hydrogen) atoms. The van der Waals surface area contributed by atoms with E-state index in [4.69, 9.17) is 9.47 Å². The molecule has 0 atom stereocenters. The fourth-order valence-electron chi connectivity index (χ4n) is 3.64. The fourth-order valence-corrected chi connectivity index (χ4v) is 3.64. The van der Waals surface area contributed by atoms with Gasteiger partial charge < -0.3 is 19.3 Å². The van der Waals surface area contributed by atoms with Crippen LogP contribution >= 0.6 is 0 Å².